The van der Waals surface area contributed by atoms with E-state index in [0.717, 1.165) is 24.3 Å². The third-order valence-electron chi connectivity index (χ3n) is 3.29. The fourth-order valence-corrected chi connectivity index (χ4v) is 2.10. The van der Waals surface area contributed by atoms with Gasteiger partial charge in [-0.1, -0.05) is 30.3 Å². The van der Waals surface area contributed by atoms with Gasteiger partial charge in [-0.15, -0.1) is 0 Å². The summed E-state index contributed by atoms with van der Waals surface area (Å²) >= 11 is 0. The summed E-state index contributed by atoms with van der Waals surface area (Å²) in [6.45, 7) is 1.16. The van der Waals surface area contributed by atoms with E-state index in [1.54, 1.807) is 0 Å². The molecule has 0 spiro atoms. The molecule has 0 radical (unpaired) electrons. The van der Waals surface area contributed by atoms with E-state index in [0.29, 0.717) is 0 Å². The summed E-state index contributed by atoms with van der Waals surface area (Å²) in [6, 6.07) is 18.2. The smallest absolute Gasteiger partial charge is 0.0857 e. The van der Waals surface area contributed by atoms with Gasteiger partial charge in [-0.05, 0) is 69.7 Å². The van der Waals surface area contributed by atoms with Crippen LogP contribution in [0.3, 0.4) is 0 Å². The van der Waals surface area contributed by atoms with Crippen molar-refractivity contribution < 1.29 is 0 Å². The molecule has 0 saturated carbocycles. The lowest BCUT2D eigenvalue weighted by Gasteiger charge is -2.08. The average Bonchev–Trinajstić information content (AvgIpc) is 2.51. The van der Waals surface area contributed by atoms with E-state index < -0.39 is 0 Å². The van der Waals surface area contributed by atoms with Crippen LogP contribution in [0.15, 0.2) is 64.8 Å². The number of unbranched alkanes of at least 4 members (excludes halogenated alkanes) is 1. The van der Waals surface area contributed by atoms with E-state index in [-0.39, 0.29) is 0 Å². The van der Waals surface area contributed by atoms with Gasteiger partial charge in [0, 0.05) is 0 Å². The first-order valence-corrected chi connectivity index (χ1v) is 7.44. The Morgan fingerprint density at radius 3 is 2.00 bits per heavy atom. The highest BCUT2D eigenvalue weighted by Crippen LogP contribution is 2.18. The Labute approximate surface area is 127 Å². The number of nitrogens with zero attached hydrogens (tertiary/aromatic N) is 3. The lowest BCUT2D eigenvalue weighted by atomic mass is 10.1. The Kier molecular flexibility index (Phi) is 6.10. The van der Waals surface area contributed by atoms with Crippen molar-refractivity contribution in [3.05, 3.63) is 60.2 Å². The average molecular weight is 281 g/mol. The Bertz CT molecular complexity index is 544. The van der Waals surface area contributed by atoms with Gasteiger partial charge in [-0.2, -0.15) is 10.2 Å². The zero-order chi connectivity index (χ0) is 14.9. The Hall–Kier alpha value is -2.00. The van der Waals surface area contributed by atoms with Crippen molar-refractivity contribution in [3.63, 3.8) is 0 Å². The fraction of sp³-hybridized carbons (Fsp3) is 0.333. The highest BCUT2D eigenvalue weighted by atomic mass is 15.1. The Morgan fingerprint density at radius 1 is 0.762 bits per heavy atom. The maximum Gasteiger partial charge on any atom is 0.0857 e. The van der Waals surface area contributed by atoms with Crippen LogP contribution < -0.4 is 0 Å². The lowest BCUT2D eigenvalue weighted by molar-refractivity contribution is 0.394. The van der Waals surface area contributed by atoms with E-state index >= 15 is 0 Å². The van der Waals surface area contributed by atoms with Crippen molar-refractivity contribution in [2.24, 2.45) is 10.2 Å². The van der Waals surface area contributed by atoms with Crippen molar-refractivity contribution in [3.8, 4) is 0 Å². The third kappa shape index (κ3) is 5.88. The number of hydrogen-bond donors (Lipinski definition) is 0. The van der Waals surface area contributed by atoms with Crippen LogP contribution in [0.2, 0.25) is 0 Å². The molecule has 110 valence electrons. The molecule has 0 atom stereocenters. The molecular formula is C18H23N3. The van der Waals surface area contributed by atoms with Crippen molar-refractivity contribution in [1.82, 2.24) is 4.90 Å². The molecule has 2 rings (SSSR count). The molecule has 0 saturated heterocycles. The fourth-order valence-electron chi connectivity index (χ4n) is 2.10. The number of rotatable bonds is 7. The SMILES string of the molecule is CN(C)CCCCc1ccc(N=Nc2ccccc2)cc1. The summed E-state index contributed by atoms with van der Waals surface area (Å²) in [5, 5.41) is 8.48. The van der Waals surface area contributed by atoms with E-state index in [1.165, 1.54) is 18.4 Å². The minimum Gasteiger partial charge on any atom is -0.309 e. The van der Waals surface area contributed by atoms with E-state index in [4.69, 9.17) is 0 Å². The molecule has 2 aromatic carbocycles. The van der Waals surface area contributed by atoms with E-state index in [9.17, 15) is 0 Å². The molecular weight excluding hydrogens is 258 g/mol. The number of azo groups is 1. The van der Waals surface area contributed by atoms with Gasteiger partial charge >= 0.3 is 0 Å². The first-order valence-electron chi connectivity index (χ1n) is 7.44. The highest BCUT2D eigenvalue weighted by Gasteiger charge is 1.96. The quantitative estimate of drug-likeness (QED) is 0.519. The van der Waals surface area contributed by atoms with Gasteiger partial charge in [-0.3, -0.25) is 0 Å². The van der Waals surface area contributed by atoms with Crippen LogP contribution in [0.5, 0.6) is 0 Å². The van der Waals surface area contributed by atoms with Gasteiger partial charge in [0.05, 0.1) is 11.4 Å². The largest absolute Gasteiger partial charge is 0.309 e. The van der Waals surface area contributed by atoms with Crippen molar-refractivity contribution in [1.29, 1.82) is 0 Å². The molecule has 0 aliphatic heterocycles. The van der Waals surface area contributed by atoms with Crippen LogP contribution in [0.4, 0.5) is 11.4 Å². The molecule has 2 aromatic rings. The molecule has 0 N–H and O–H groups in total. The maximum atomic E-state index is 4.26. The molecule has 0 amide bonds. The minimum atomic E-state index is 0.880. The summed E-state index contributed by atoms with van der Waals surface area (Å²) in [6.07, 6.45) is 3.59. The predicted octanol–water partition coefficient (Wildman–Crippen LogP) is 4.99. The summed E-state index contributed by atoms with van der Waals surface area (Å²) < 4.78 is 0. The van der Waals surface area contributed by atoms with Crippen molar-refractivity contribution in [2.75, 3.05) is 20.6 Å². The first-order chi connectivity index (χ1) is 10.2. The predicted molar refractivity (Wildman–Crippen MR) is 88.6 cm³/mol. The Balaban J connectivity index is 1.83. The molecule has 21 heavy (non-hydrogen) atoms. The van der Waals surface area contributed by atoms with Crippen LogP contribution in [0, 0.1) is 0 Å². The Morgan fingerprint density at radius 2 is 1.38 bits per heavy atom. The maximum absolute atomic E-state index is 4.26. The number of hydrogen-bond acceptors (Lipinski definition) is 3. The standard InChI is InChI=1S/C18H23N3/c1-21(2)15-7-6-8-16-11-13-18(14-12-16)20-19-17-9-4-3-5-10-17/h3-5,9-14H,6-8,15H2,1-2H3. The van der Waals surface area contributed by atoms with Crippen LogP contribution in [-0.2, 0) is 6.42 Å². The summed E-state index contributed by atoms with van der Waals surface area (Å²) in [5.74, 6) is 0. The van der Waals surface area contributed by atoms with Gasteiger partial charge in [0.2, 0.25) is 0 Å². The van der Waals surface area contributed by atoms with Crippen molar-refractivity contribution in [2.45, 2.75) is 19.3 Å². The van der Waals surface area contributed by atoms with Crippen LogP contribution in [-0.4, -0.2) is 25.5 Å². The van der Waals surface area contributed by atoms with Gasteiger partial charge in [0.25, 0.3) is 0 Å². The second-order valence-electron chi connectivity index (χ2n) is 5.46. The van der Waals surface area contributed by atoms with Crippen molar-refractivity contribution >= 4 is 11.4 Å². The highest BCUT2D eigenvalue weighted by molar-refractivity contribution is 5.40. The molecule has 0 bridgehead atoms. The lowest BCUT2D eigenvalue weighted by Crippen LogP contribution is -2.12. The molecule has 3 heteroatoms. The van der Waals surface area contributed by atoms with Crippen LogP contribution in [0.1, 0.15) is 18.4 Å². The van der Waals surface area contributed by atoms with Gasteiger partial charge in [0.1, 0.15) is 0 Å². The van der Waals surface area contributed by atoms with Gasteiger partial charge in [0.15, 0.2) is 0 Å². The topological polar surface area (TPSA) is 28.0 Å². The van der Waals surface area contributed by atoms with Crippen LogP contribution in [0.25, 0.3) is 0 Å². The zero-order valence-corrected chi connectivity index (χ0v) is 12.9. The molecule has 3 nitrogen and oxygen atoms in total. The molecule has 0 heterocycles. The zero-order valence-electron chi connectivity index (χ0n) is 12.9. The molecule has 0 aromatic heterocycles. The van der Waals surface area contributed by atoms with E-state index in [2.05, 4.69) is 41.4 Å². The molecule has 0 fully saturated rings. The third-order valence-corrected chi connectivity index (χ3v) is 3.29. The molecule has 0 unspecified atom stereocenters. The number of aryl methyl sites for hydroxylation is 1. The first kappa shape index (κ1) is 15.4. The second kappa shape index (κ2) is 8.32. The summed E-state index contributed by atoms with van der Waals surface area (Å²) in [4.78, 5) is 2.23. The molecule has 0 aliphatic carbocycles. The minimum absolute atomic E-state index is 0.880. The second-order valence-corrected chi connectivity index (χ2v) is 5.46. The normalized spacial score (nSPS) is 11.4. The monoisotopic (exact) mass is 281 g/mol. The number of benzene rings is 2. The van der Waals surface area contributed by atoms with Gasteiger partial charge < -0.3 is 4.90 Å². The molecule has 0 aliphatic rings. The van der Waals surface area contributed by atoms with E-state index in [1.807, 2.05) is 42.5 Å². The van der Waals surface area contributed by atoms with Crippen LogP contribution >= 0.6 is 0 Å². The summed E-state index contributed by atoms with van der Waals surface area (Å²) in [5.41, 5.74) is 3.15. The van der Waals surface area contributed by atoms with Gasteiger partial charge in [-0.25, -0.2) is 0 Å². The summed E-state index contributed by atoms with van der Waals surface area (Å²) in [7, 11) is 4.24.